The van der Waals surface area contributed by atoms with Crippen LogP contribution in [0.2, 0.25) is 0 Å². The quantitative estimate of drug-likeness (QED) is 0.546. The molecular weight excluding hydrogens is 374 g/mol. The van der Waals surface area contributed by atoms with Crippen molar-refractivity contribution >= 4 is 22.9 Å². The van der Waals surface area contributed by atoms with Gasteiger partial charge in [-0.3, -0.25) is 9.36 Å². The minimum absolute atomic E-state index is 0.122. The van der Waals surface area contributed by atoms with Gasteiger partial charge in [-0.2, -0.15) is 0 Å². The van der Waals surface area contributed by atoms with Crippen LogP contribution < -0.4 is 10.1 Å². The first kappa shape index (κ1) is 17.9. The number of hydrogen-bond donors (Lipinski definition) is 1. The summed E-state index contributed by atoms with van der Waals surface area (Å²) in [6.45, 7) is 3.86. The zero-order chi connectivity index (χ0) is 19.5. The first-order valence-electron chi connectivity index (χ1n) is 8.55. The van der Waals surface area contributed by atoms with Gasteiger partial charge >= 0.3 is 0 Å². The number of nitrogens with zero attached hydrogens (tertiary/aromatic N) is 4. The fourth-order valence-electron chi connectivity index (χ4n) is 2.61. The smallest absolute Gasteiger partial charge is 0.265 e. The summed E-state index contributed by atoms with van der Waals surface area (Å²) >= 11 is 1.43. The summed E-state index contributed by atoms with van der Waals surface area (Å²) in [7, 11) is 0. The molecule has 0 bridgehead atoms. The molecule has 0 aliphatic rings. The standard InChI is InChI=1S/C20H17N5O2S/c1-13-9-17(28-11-13)20(26)24-15-3-5-16(6-4-15)27-19-10-18(22-12-23-19)25-8-7-21-14(25)2/h3-12H,1-2H3,(H,24,26). The van der Waals surface area contributed by atoms with Gasteiger partial charge in [0.15, 0.2) is 0 Å². The Bertz CT molecular complexity index is 1120. The molecule has 28 heavy (non-hydrogen) atoms. The zero-order valence-corrected chi connectivity index (χ0v) is 16.1. The second-order valence-electron chi connectivity index (χ2n) is 6.13. The lowest BCUT2D eigenvalue weighted by Gasteiger charge is -2.08. The van der Waals surface area contributed by atoms with Gasteiger partial charge in [0.05, 0.1) is 4.88 Å². The van der Waals surface area contributed by atoms with Crippen molar-refractivity contribution < 1.29 is 9.53 Å². The monoisotopic (exact) mass is 391 g/mol. The summed E-state index contributed by atoms with van der Waals surface area (Å²) in [5.74, 6) is 2.41. The number of hydrogen-bond acceptors (Lipinski definition) is 6. The third kappa shape index (κ3) is 3.91. The van der Waals surface area contributed by atoms with E-state index in [0.29, 0.717) is 28.0 Å². The molecule has 0 unspecified atom stereocenters. The first-order chi connectivity index (χ1) is 13.6. The maximum atomic E-state index is 12.2. The van der Waals surface area contributed by atoms with Crippen molar-refractivity contribution in [2.45, 2.75) is 13.8 Å². The molecule has 4 aromatic rings. The Morgan fingerprint density at radius 2 is 1.93 bits per heavy atom. The Morgan fingerprint density at radius 1 is 1.11 bits per heavy atom. The Balaban J connectivity index is 1.45. The first-order valence-corrected chi connectivity index (χ1v) is 9.43. The number of benzene rings is 1. The molecule has 8 heteroatoms. The molecule has 1 N–H and O–H groups in total. The maximum Gasteiger partial charge on any atom is 0.265 e. The van der Waals surface area contributed by atoms with Crippen LogP contribution in [-0.4, -0.2) is 25.4 Å². The van der Waals surface area contributed by atoms with Crippen molar-refractivity contribution in [3.05, 3.63) is 76.8 Å². The number of carbonyl (C=O) groups excluding carboxylic acids is 1. The Kier molecular flexibility index (Phi) is 4.86. The molecule has 140 valence electrons. The molecular formula is C20H17N5O2S. The average molecular weight is 391 g/mol. The highest BCUT2D eigenvalue weighted by molar-refractivity contribution is 7.12. The topological polar surface area (TPSA) is 81.9 Å². The third-order valence-electron chi connectivity index (χ3n) is 3.99. The van der Waals surface area contributed by atoms with Gasteiger partial charge in [0, 0.05) is 24.1 Å². The van der Waals surface area contributed by atoms with Crippen molar-refractivity contribution in [2.24, 2.45) is 0 Å². The SMILES string of the molecule is Cc1csc(C(=O)Nc2ccc(Oc3cc(-n4ccnc4C)ncn3)cc2)c1. The average Bonchev–Trinajstić information content (AvgIpc) is 3.32. The van der Waals surface area contributed by atoms with Gasteiger partial charge in [-0.1, -0.05) is 0 Å². The molecule has 0 aliphatic heterocycles. The van der Waals surface area contributed by atoms with Crippen molar-refractivity contribution in [1.29, 1.82) is 0 Å². The predicted molar refractivity (Wildman–Crippen MR) is 107 cm³/mol. The van der Waals surface area contributed by atoms with Gasteiger partial charge in [-0.05, 0) is 55.1 Å². The third-order valence-corrected chi connectivity index (χ3v) is 5.04. The molecule has 1 aromatic carbocycles. The van der Waals surface area contributed by atoms with E-state index >= 15 is 0 Å². The van der Waals surface area contributed by atoms with Crippen LogP contribution in [0.4, 0.5) is 5.69 Å². The minimum Gasteiger partial charge on any atom is -0.439 e. The van der Waals surface area contributed by atoms with E-state index in [4.69, 9.17) is 4.74 Å². The Morgan fingerprint density at radius 3 is 2.61 bits per heavy atom. The second-order valence-corrected chi connectivity index (χ2v) is 7.04. The van der Waals surface area contributed by atoms with E-state index in [0.717, 1.165) is 11.4 Å². The van der Waals surface area contributed by atoms with Crippen molar-refractivity contribution in [3.8, 4) is 17.4 Å². The van der Waals surface area contributed by atoms with Crippen LogP contribution in [0.15, 0.2) is 60.5 Å². The van der Waals surface area contributed by atoms with Crippen LogP contribution in [0.25, 0.3) is 5.82 Å². The largest absolute Gasteiger partial charge is 0.439 e. The Labute approximate surface area is 165 Å². The predicted octanol–water partition coefficient (Wildman–Crippen LogP) is 4.39. The molecule has 0 spiro atoms. The lowest BCUT2D eigenvalue weighted by molar-refractivity contribution is 0.103. The molecule has 0 aliphatic carbocycles. The van der Waals surface area contributed by atoms with Crippen molar-refractivity contribution in [2.75, 3.05) is 5.32 Å². The number of thiophene rings is 1. The lowest BCUT2D eigenvalue weighted by atomic mass is 10.3. The number of nitrogens with one attached hydrogen (secondary N) is 1. The second kappa shape index (κ2) is 7.61. The van der Waals surface area contributed by atoms with E-state index in [-0.39, 0.29) is 5.91 Å². The lowest BCUT2D eigenvalue weighted by Crippen LogP contribution is -2.09. The number of anilines is 1. The van der Waals surface area contributed by atoms with E-state index in [1.54, 1.807) is 36.5 Å². The molecule has 3 heterocycles. The van der Waals surface area contributed by atoms with E-state index in [1.807, 2.05) is 36.1 Å². The highest BCUT2D eigenvalue weighted by Crippen LogP contribution is 2.23. The van der Waals surface area contributed by atoms with Gasteiger partial charge in [0.2, 0.25) is 5.88 Å². The van der Waals surface area contributed by atoms with Gasteiger partial charge in [0.25, 0.3) is 5.91 Å². The van der Waals surface area contributed by atoms with E-state index < -0.39 is 0 Å². The van der Waals surface area contributed by atoms with E-state index in [1.165, 1.54) is 17.7 Å². The van der Waals surface area contributed by atoms with Crippen molar-refractivity contribution in [3.63, 3.8) is 0 Å². The van der Waals surface area contributed by atoms with Gasteiger partial charge in [-0.15, -0.1) is 11.3 Å². The van der Waals surface area contributed by atoms with Crippen LogP contribution in [-0.2, 0) is 0 Å². The van der Waals surface area contributed by atoms with E-state index in [9.17, 15) is 4.79 Å². The summed E-state index contributed by atoms with van der Waals surface area (Å²) in [6.07, 6.45) is 4.98. The number of aromatic nitrogens is 4. The summed E-state index contributed by atoms with van der Waals surface area (Å²) in [5, 5.41) is 4.83. The molecule has 4 rings (SSSR count). The van der Waals surface area contributed by atoms with Crippen LogP contribution in [0.1, 0.15) is 21.1 Å². The zero-order valence-electron chi connectivity index (χ0n) is 15.3. The van der Waals surface area contributed by atoms with Crippen LogP contribution in [0.5, 0.6) is 11.6 Å². The fourth-order valence-corrected chi connectivity index (χ4v) is 3.40. The molecule has 0 radical (unpaired) electrons. The molecule has 0 fully saturated rings. The summed E-state index contributed by atoms with van der Waals surface area (Å²) in [4.78, 5) is 25.5. The maximum absolute atomic E-state index is 12.2. The number of imidazole rings is 1. The van der Waals surface area contributed by atoms with Crippen molar-refractivity contribution in [1.82, 2.24) is 19.5 Å². The minimum atomic E-state index is -0.122. The van der Waals surface area contributed by atoms with E-state index in [2.05, 4.69) is 20.3 Å². The number of aryl methyl sites for hydroxylation is 2. The molecule has 0 saturated carbocycles. The number of ether oxygens (including phenoxy) is 1. The van der Waals surface area contributed by atoms with Gasteiger partial charge < -0.3 is 10.1 Å². The molecule has 1 amide bonds. The highest BCUT2D eigenvalue weighted by atomic mass is 32.1. The molecule has 0 saturated heterocycles. The normalized spacial score (nSPS) is 10.6. The number of amides is 1. The van der Waals surface area contributed by atoms with Crippen LogP contribution in [0.3, 0.4) is 0 Å². The van der Waals surface area contributed by atoms with Crippen LogP contribution >= 0.6 is 11.3 Å². The summed E-state index contributed by atoms with van der Waals surface area (Å²) < 4.78 is 7.66. The fraction of sp³-hybridized carbons (Fsp3) is 0.100. The summed E-state index contributed by atoms with van der Waals surface area (Å²) in [5.41, 5.74) is 1.77. The highest BCUT2D eigenvalue weighted by Gasteiger charge is 2.09. The Hall–Kier alpha value is -3.52. The molecule has 7 nitrogen and oxygen atoms in total. The van der Waals surface area contributed by atoms with Gasteiger partial charge in [-0.25, -0.2) is 15.0 Å². The number of rotatable bonds is 5. The molecule has 0 atom stereocenters. The van der Waals surface area contributed by atoms with Crippen LogP contribution in [0, 0.1) is 13.8 Å². The summed E-state index contributed by atoms with van der Waals surface area (Å²) in [6, 6.07) is 10.7. The number of carbonyl (C=O) groups is 1. The molecule has 3 aromatic heterocycles. The van der Waals surface area contributed by atoms with Gasteiger partial charge in [0.1, 0.15) is 23.7 Å².